The van der Waals surface area contributed by atoms with Gasteiger partial charge in [0.2, 0.25) is 11.8 Å². The highest BCUT2D eigenvalue weighted by molar-refractivity contribution is 5.78. The van der Waals surface area contributed by atoms with Gasteiger partial charge in [0.15, 0.2) is 11.3 Å². The van der Waals surface area contributed by atoms with Crippen LogP contribution in [0.4, 0.5) is 13.2 Å². The Labute approximate surface area is 142 Å². The average molecular weight is 356 g/mol. The lowest BCUT2D eigenvalue weighted by Gasteiger charge is -2.17. The Bertz CT molecular complexity index is 788. The fourth-order valence-corrected chi connectivity index (χ4v) is 3.23. The highest BCUT2D eigenvalue weighted by atomic mass is 19.4. The van der Waals surface area contributed by atoms with Gasteiger partial charge in [-0.15, -0.1) is 5.10 Å². The standard InChI is InChI=1S/C16H19F3N4O2/c1-3-4-10-7-14(24)22(8-10)9-11-15(16(17,18)19)20-12-5-6-13(25-2)21-23(11)12/h5-6,10H,3-4,7-9H2,1-2H3. The first-order valence-corrected chi connectivity index (χ1v) is 8.11. The molecular weight excluding hydrogens is 337 g/mol. The van der Waals surface area contributed by atoms with Crippen LogP contribution < -0.4 is 4.74 Å². The number of imidazole rings is 1. The minimum absolute atomic E-state index is 0.0693. The summed E-state index contributed by atoms with van der Waals surface area (Å²) in [6, 6.07) is 2.86. The number of carbonyl (C=O) groups is 1. The van der Waals surface area contributed by atoms with Crippen LogP contribution in [0.15, 0.2) is 12.1 Å². The minimum atomic E-state index is -4.62. The SMILES string of the molecule is CCCC1CC(=O)N(Cc2c(C(F)(F)F)nc3ccc(OC)nn23)C1. The molecule has 3 rings (SSSR count). The predicted molar refractivity (Wildman–Crippen MR) is 83.0 cm³/mol. The van der Waals surface area contributed by atoms with E-state index in [4.69, 9.17) is 4.74 Å². The quantitative estimate of drug-likeness (QED) is 0.827. The second-order valence-corrected chi connectivity index (χ2v) is 6.18. The lowest BCUT2D eigenvalue weighted by atomic mass is 10.0. The summed E-state index contributed by atoms with van der Waals surface area (Å²) in [6.07, 6.45) is -2.42. The van der Waals surface area contributed by atoms with Crippen LogP contribution in [0.5, 0.6) is 5.88 Å². The third kappa shape index (κ3) is 3.40. The second kappa shape index (κ2) is 6.53. The van der Waals surface area contributed by atoms with Crippen molar-refractivity contribution >= 4 is 11.6 Å². The number of fused-ring (bicyclic) bond motifs is 1. The molecule has 1 fully saturated rings. The van der Waals surface area contributed by atoms with E-state index in [1.807, 2.05) is 6.92 Å². The van der Waals surface area contributed by atoms with E-state index in [1.54, 1.807) is 0 Å². The summed E-state index contributed by atoms with van der Waals surface area (Å²) in [5.74, 6) is 0.231. The van der Waals surface area contributed by atoms with Gasteiger partial charge < -0.3 is 9.64 Å². The van der Waals surface area contributed by atoms with E-state index < -0.39 is 11.9 Å². The molecule has 0 bridgehead atoms. The van der Waals surface area contributed by atoms with Gasteiger partial charge in [0.1, 0.15) is 0 Å². The highest BCUT2D eigenvalue weighted by Gasteiger charge is 2.40. The van der Waals surface area contributed by atoms with E-state index in [9.17, 15) is 18.0 Å². The van der Waals surface area contributed by atoms with Gasteiger partial charge in [-0.2, -0.15) is 13.2 Å². The maximum absolute atomic E-state index is 13.4. The van der Waals surface area contributed by atoms with Gasteiger partial charge in [-0.25, -0.2) is 9.50 Å². The molecule has 6 nitrogen and oxygen atoms in total. The van der Waals surface area contributed by atoms with Crippen LogP contribution in [0, 0.1) is 5.92 Å². The molecule has 1 aliphatic heterocycles. The number of hydrogen-bond acceptors (Lipinski definition) is 4. The van der Waals surface area contributed by atoms with E-state index in [1.165, 1.54) is 24.1 Å². The summed E-state index contributed by atoms with van der Waals surface area (Å²) in [5, 5.41) is 4.04. The van der Waals surface area contributed by atoms with Crippen LogP contribution >= 0.6 is 0 Å². The molecular formula is C16H19F3N4O2. The molecule has 1 unspecified atom stereocenters. The molecule has 0 aliphatic carbocycles. The zero-order valence-electron chi connectivity index (χ0n) is 14.0. The fraction of sp³-hybridized carbons (Fsp3) is 0.562. The average Bonchev–Trinajstić information content (AvgIpc) is 3.08. The number of methoxy groups -OCH3 is 1. The van der Waals surface area contributed by atoms with Crippen molar-refractivity contribution in [3.63, 3.8) is 0 Å². The van der Waals surface area contributed by atoms with Gasteiger partial charge >= 0.3 is 6.18 Å². The molecule has 1 aliphatic rings. The molecule has 2 aromatic rings. The van der Waals surface area contributed by atoms with Gasteiger partial charge in [0, 0.05) is 19.0 Å². The summed E-state index contributed by atoms with van der Waals surface area (Å²) in [7, 11) is 1.38. The van der Waals surface area contributed by atoms with E-state index in [-0.39, 0.29) is 35.6 Å². The van der Waals surface area contributed by atoms with Gasteiger partial charge in [-0.1, -0.05) is 13.3 Å². The summed E-state index contributed by atoms with van der Waals surface area (Å²) >= 11 is 0. The molecule has 1 amide bonds. The number of alkyl halides is 3. The number of carbonyl (C=O) groups excluding carboxylic acids is 1. The first-order chi connectivity index (χ1) is 11.8. The van der Waals surface area contributed by atoms with Gasteiger partial charge in [-0.3, -0.25) is 4.79 Å². The van der Waals surface area contributed by atoms with Crippen molar-refractivity contribution in [3.05, 3.63) is 23.5 Å². The lowest BCUT2D eigenvalue weighted by molar-refractivity contribution is -0.142. The number of amides is 1. The molecule has 0 N–H and O–H groups in total. The van der Waals surface area contributed by atoms with E-state index in [0.717, 1.165) is 17.4 Å². The van der Waals surface area contributed by atoms with Crippen molar-refractivity contribution in [1.29, 1.82) is 0 Å². The molecule has 9 heteroatoms. The molecule has 3 heterocycles. The van der Waals surface area contributed by atoms with Gasteiger partial charge in [-0.05, 0) is 18.4 Å². The number of hydrogen-bond donors (Lipinski definition) is 0. The number of aromatic nitrogens is 3. The molecule has 2 aromatic heterocycles. The van der Waals surface area contributed by atoms with E-state index >= 15 is 0 Å². The van der Waals surface area contributed by atoms with Crippen LogP contribution in [0.1, 0.15) is 37.6 Å². The van der Waals surface area contributed by atoms with Crippen molar-refractivity contribution in [2.24, 2.45) is 5.92 Å². The van der Waals surface area contributed by atoms with E-state index in [2.05, 4.69) is 10.1 Å². The van der Waals surface area contributed by atoms with Crippen LogP contribution in [0.3, 0.4) is 0 Å². The molecule has 1 atom stereocenters. The predicted octanol–water partition coefficient (Wildman–Crippen LogP) is 2.91. The molecule has 25 heavy (non-hydrogen) atoms. The first-order valence-electron chi connectivity index (χ1n) is 8.11. The van der Waals surface area contributed by atoms with Crippen LogP contribution in [0.2, 0.25) is 0 Å². The van der Waals surface area contributed by atoms with E-state index in [0.29, 0.717) is 13.0 Å². The van der Waals surface area contributed by atoms with Crippen LogP contribution in [-0.2, 0) is 17.5 Å². The lowest BCUT2D eigenvalue weighted by Crippen LogP contribution is -2.27. The second-order valence-electron chi connectivity index (χ2n) is 6.18. The summed E-state index contributed by atoms with van der Waals surface area (Å²) in [5.41, 5.74) is -1.09. The number of halogens is 3. The Morgan fingerprint density at radius 2 is 2.12 bits per heavy atom. The normalized spacial score (nSPS) is 18.4. The zero-order chi connectivity index (χ0) is 18.2. The summed E-state index contributed by atoms with van der Waals surface area (Å²) < 4.78 is 46.3. The maximum Gasteiger partial charge on any atom is 0.435 e. The van der Waals surface area contributed by atoms with Crippen molar-refractivity contribution in [3.8, 4) is 5.88 Å². The largest absolute Gasteiger partial charge is 0.480 e. The zero-order valence-corrected chi connectivity index (χ0v) is 14.0. The summed E-state index contributed by atoms with van der Waals surface area (Å²) in [6.45, 7) is 2.31. The van der Waals surface area contributed by atoms with Crippen molar-refractivity contribution in [2.45, 2.75) is 38.9 Å². The third-order valence-electron chi connectivity index (χ3n) is 4.36. The number of nitrogens with zero attached hydrogens (tertiary/aromatic N) is 4. The Balaban J connectivity index is 2.00. The van der Waals surface area contributed by atoms with Crippen molar-refractivity contribution in [2.75, 3.05) is 13.7 Å². The molecule has 1 saturated heterocycles. The number of ether oxygens (including phenoxy) is 1. The summed E-state index contributed by atoms with van der Waals surface area (Å²) in [4.78, 5) is 17.3. The number of rotatable bonds is 5. The highest BCUT2D eigenvalue weighted by Crippen LogP contribution is 2.34. The Morgan fingerprint density at radius 1 is 1.36 bits per heavy atom. The fourth-order valence-electron chi connectivity index (χ4n) is 3.23. The minimum Gasteiger partial charge on any atom is -0.480 e. The van der Waals surface area contributed by atoms with Crippen molar-refractivity contribution in [1.82, 2.24) is 19.5 Å². The molecule has 0 radical (unpaired) electrons. The molecule has 136 valence electrons. The Hall–Kier alpha value is -2.32. The Kier molecular flexibility index (Phi) is 4.57. The topological polar surface area (TPSA) is 59.7 Å². The Morgan fingerprint density at radius 3 is 2.76 bits per heavy atom. The monoisotopic (exact) mass is 356 g/mol. The van der Waals surface area contributed by atoms with Crippen molar-refractivity contribution < 1.29 is 22.7 Å². The number of likely N-dealkylation sites (tertiary alicyclic amines) is 1. The van der Waals surface area contributed by atoms with Gasteiger partial charge in [0.05, 0.1) is 19.3 Å². The van der Waals surface area contributed by atoms with Crippen LogP contribution in [0.25, 0.3) is 5.65 Å². The molecule has 0 saturated carbocycles. The molecule has 0 spiro atoms. The molecule has 0 aromatic carbocycles. The van der Waals surface area contributed by atoms with Crippen LogP contribution in [-0.4, -0.2) is 39.1 Å². The van der Waals surface area contributed by atoms with Gasteiger partial charge in [0.25, 0.3) is 0 Å². The maximum atomic E-state index is 13.4. The smallest absolute Gasteiger partial charge is 0.435 e. The third-order valence-corrected chi connectivity index (χ3v) is 4.36. The first kappa shape index (κ1) is 17.5.